The number of hydrogen-bond donors (Lipinski definition) is 1. The SMILES string of the molecule is O=S(O)Cc1nc2ccccc2s1. The fourth-order valence-corrected chi connectivity index (χ4v) is 2.66. The fourth-order valence-electron chi connectivity index (χ4n) is 1.09. The molecule has 0 bridgehead atoms. The van der Waals surface area contributed by atoms with Gasteiger partial charge >= 0.3 is 0 Å². The van der Waals surface area contributed by atoms with Crippen molar-refractivity contribution in [1.82, 2.24) is 4.98 Å². The van der Waals surface area contributed by atoms with E-state index in [1.54, 1.807) is 0 Å². The predicted molar refractivity (Wildman–Crippen MR) is 54.1 cm³/mol. The number of benzene rings is 1. The van der Waals surface area contributed by atoms with Crippen LogP contribution >= 0.6 is 11.3 Å². The van der Waals surface area contributed by atoms with Gasteiger partial charge in [-0.15, -0.1) is 11.3 Å². The van der Waals surface area contributed by atoms with Gasteiger partial charge in [0.25, 0.3) is 0 Å². The van der Waals surface area contributed by atoms with E-state index in [1.807, 2.05) is 24.3 Å². The van der Waals surface area contributed by atoms with Crippen LogP contribution in [0.2, 0.25) is 0 Å². The average molecular weight is 213 g/mol. The Morgan fingerprint density at radius 3 is 2.92 bits per heavy atom. The summed E-state index contributed by atoms with van der Waals surface area (Å²) in [6.07, 6.45) is 0. The van der Waals surface area contributed by atoms with Crippen molar-refractivity contribution in [2.24, 2.45) is 0 Å². The highest BCUT2D eigenvalue weighted by Gasteiger charge is 2.04. The maximum absolute atomic E-state index is 10.5. The number of nitrogens with zero attached hydrogens (tertiary/aromatic N) is 1. The quantitative estimate of drug-likeness (QED) is 0.776. The second kappa shape index (κ2) is 3.53. The molecule has 0 aliphatic rings. The van der Waals surface area contributed by atoms with Gasteiger partial charge in [-0.3, -0.25) is 0 Å². The van der Waals surface area contributed by atoms with Crippen molar-refractivity contribution in [3.05, 3.63) is 29.3 Å². The molecule has 1 N–H and O–H groups in total. The Kier molecular flexibility index (Phi) is 2.39. The number of aromatic nitrogens is 1. The van der Waals surface area contributed by atoms with Crippen molar-refractivity contribution in [2.75, 3.05) is 0 Å². The van der Waals surface area contributed by atoms with Gasteiger partial charge in [0.1, 0.15) is 10.8 Å². The van der Waals surface area contributed by atoms with E-state index in [9.17, 15) is 4.21 Å². The Morgan fingerprint density at radius 1 is 1.46 bits per heavy atom. The number of rotatable bonds is 2. The van der Waals surface area contributed by atoms with Gasteiger partial charge in [0.15, 0.2) is 11.1 Å². The van der Waals surface area contributed by atoms with E-state index in [-0.39, 0.29) is 5.75 Å². The largest absolute Gasteiger partial charge is 0.306 e. The zero-order chi connectivity index (χ0) is 9.26. The van der Waals surface area contributed by atoms with Crippen molar-refractivity contribution in [3.63, 3.8) is 0 Å². The topological polar surface area (TPSA) is 50.2 Å². The third-order valence-corrected chi connectivity index (χ3v) is 3.32. The van der Waals surface area contributed by atoms with Crippen LogP contribution in [0.15, 0.2) is 24.3 Å². The molecule has 2 rings (SSSR count). The van der Waals surface area contributed by atoms with E-state index < -0.39 is 11.1 Å². The van der Waals surface area contributed by atoms with Crippen molar-refractivity contribution < 1.29 is 8.76 Å². The van der Waals surface area contributed by atoms with Crippen LogP contribution < -0.4 is 0 Å². The summed E-state index contributed by atoms with van der Waals surface area (Å²) in [6.45, 7) is 0. The van der Waals surface area contributed by atoms with Crippen molar-refractivity contribution in [1.29, 1.82) is 0 Å². The molecule has 1 unspecified atom stereocenters. The molecule has 0 fully saturated rings. The molecule has 2 aromatic rings. The Hall–Kier alpha value is -0.780. The molecule has 5 heteroatoms. The van der Waals surface area contributed by atoms with Crippen LogP contribution in [-0.4, -0.2) is 13.7 Å². The first-order valence-corrected chi connectivity index (χ1v) is 5.77. The van der Waals surface area contributed by atoms with E-state index in [0.29, 0.717) is 5.01 Å². The standard InChI is InChI=1S/C8H7NO2S2/c10-13(11)5-8-9-6-3-1-2-4-7(6)12-8/h1-4H,5H2,(H,10,11). The summed E-state index contributed by atoms with van der Waals surface area (Å²) in [5.74, 6) is 0.124. The third kappa shape index (κ3) is 1.93. The number of hydrogen-bond acceptors (Lipinski definition) is 3. The minimum Gasteiger partial charge on any atom is -0.306 e. The molecular formula is C8H7NO2S2. The molecule has 0 radical (unpaired) electrons. The Labute approximate surface area is 81.7 Å². The predicted octanol–water partition coefficient (Wildman–Crippen LogP) is 2.02. The lowest BCUT2D eigenvalue weighted by molar-refractivity contribution is 0.563. The Bertz CT molecular complexity index is 419. The van der Waals surface area contributed by atoms with Gasteiger partial charge in [-0.25, -0.2) is 9.19 Å². The molecule has 0 saturated carbocycles. The van der Waals surface area contributed by atoms with Gasteiger partial charge in [-0.2, -0.15) is 0 Å². The first-order chi connectivity index (χ1) is 6.25. The van der Waals surface area contributed by atoms with Gasteiger partial charge < -0.3 is 4.55 Å². The van der Waals surface area contributed by atoms with Gasteiger partial charge in [0.05, 0.1) is 10.2 Å². The second-order valence-electron chi connectivity index (χ2n) is 2.54. The molecule has 0 aliphatic carbocycles. The molecule has 68 valence electrons. The third-order valence-electron chi connectivity index (χ3n) is 1.59. The van der Waals surface area contributed by atoms with Crippen LogP contribution in [0, 0.1) is 0 Å². The molecular weight excluding hydrogens is 206 g/mol. The normalized spacial score (nSPS) is 13.3. The highest BCUT2D eigenvalue weighted by atomic mass is 32.2. The van der Waals surface area contributed by atoms with Crippen molar-refractivity contribution in [3.8, 4) is 0 Å². The summed E-state index contributed by atoms with van der Waals surface area (Å²) < 4.78 is 20.3. The molecule has 0 spiro atoms. The lowest BCUT2D eigenvalue weighted by Gasteiger charge is -1.85. The lowest BCUT2D eigenvalue weighted by atomic mass is 10.3. The van der Waals surface area contributed by atoms with Crippen LogP contribution in [-0.2, 0) is 16.8 Å². The van der Waals surface area contributed by atoms with E-state index in [0.717, 1.165) is 10.2 Å². The zero-order valence-electron chi connectivity index (χ0n) is 6.64. The maximum Gasteiger partial charge on any atom is 0.159 e. The molecule has 1 aromatic carbocycles. The van der Waals surface area contributed by atoms with Crippen LogP contribution in [0.1, 0.15) is 5.01 Å². The van der Waals surface area contributed by atoms with Crippen LogP contribution in [0.25, 0.3) is 10.2 Å². The van der Waals surface area contributed by atoms with E-state index >= 15 is 0 Å². The number of para-hydroxylation sites is 1. The van der Waals surface area contributed by atoms with E-state index in [4.69, 9.17) is 4.55 Å². The highest BCUT2D eigenvalue weighted by Crippen LogP contribution is 2.21. The van der Waals surface area contributed by atoms with E-state index in [2.05, 4.69) is 4.98 Å². The summed E-state index contributed by atoms with van der Waals surface area (Å²) >= 11 is -0.334. The summed E-state index contributed by atoms with van der Waals surface area (Å²) in [5, 5.41) is 0.710. The van der Waals surface area contributed by atoms with Crippen LogP contribution in [0.4, 0.5) is 0 Å². The summed E-state index contributed by atoms with van der Waals surface area (Å²) in [4.78, 5) is 4.22. The molecule has 1 heterocycles. The zero-order valence-corrected chi connectivity index (χ0v) is 8.27. The van der Waals surface area contributed by atoms with Gasteiger partial charge in [-0.1, -0.05) is 12.1 Å². The van der Waals surface area contributed by atoms with Crippen molar-refractivity contribution in [2.45, 2.75) is 5.75 Å². The van der Waals surface area contributed by atoms with Gasteiger partial charge in [0, 0.05) is 0 Å². The maximum atomic E-state index is 10.5. The molecule has 0 amide bonds. The summed E-state index contributed by atoms with van der Waals surface area (Å²) in [6, 6.07) is 7.69. The molecule has 3 nitrogen and oxygen atoms in total. The Morgan fingerprint density at radius 2 is 2.23 bits per heavy atom. The number of thiazole rings is 1. The minimum atomic E-state index is -1.80. The van der Waals surface area contributed by atoms with Crippen LogP contribution in [0.5, 0.6) is 0 Å². The fraction of sp³-hybridized carbons (Fsp3) is 0.125. The molecule has 0 aliphatic heterocycles. The van der Waals surface area contributed by atoms with E-state index in [1.165, 1.54) is 11.3 Å². The summed E-state index contributed by atoms with van der Waals surface area (Å²) in [5.41, 5.74) is 0.896. The molecule has 1 atom stereocenters. The van der Waals surface area contributed by atoms with Gasteiger partial charge in [0.2, 0.25) is 0 Å². The first-order valence-electron chi connectivity index (χ1n) is 3.67. The average Bonchev–Trinajstić information content (AvgIpc) is 2.44. The van der Waals surface area contributed by atoms with Gasteiger partial charge in [-0.05, 0) is 12.1 Å². The summed E-state index contributed by atoms with van der Waals surface area (Å²) in [7, 11) is 0. The van der Waals surface area contributed by atoms with Crippen LogP contribution in [0.3, 0.4) is 0 Å². The van der Waals surface area contributed by atoms with Crippen molar-refractivity contribution >= 4 is 32.6 Å². The molecule has 0 saturated heterocycles. The first kappa shape index (κ1) is 8.80. The number of fused-ring (bicyclic) bond motifs is 1. The minimum absolute atomic E-state index is 0.124. The second-order valence-corrected chi connectivity index (χ2v) is 4.59. The lowest BCUT2D eigenvalue weighted by Crippen LogP contribution is -1.90. The smallest absolute Gasteiger partial charge is 0.159 e. The monoisotopic (exact) mass is 213 g/mol. The highest BCUT2D eigenvalue weighted by molar-refractivity contribution is 7.78. The molecule has 13 heavy (non-hydrogen) atoms. The molecule has 1 aromatic heterocycles. The Balaban J connectivity index is 2.44.